The number of rotatable bonds is 54. The van der Waals surface area contributed by atoms with Crippen molar-refractivity contribution in [3.8, 4) is 0 Å². The molecule has 0 heterocycles. The Morgan fingerprint density at radius 1 is 0.318 bits per heavy atom. The molecule has 0 radical (unpaired) electrons. The van der Waals surface area contributed by atoms with E-state index < -0.39 is 6.10 Å². The monoisotopic (exact) mass is 933 g/mol. The molecule has 392 valence electrons. The Hall–Kier alpha value is -1.59. The first-order chi connectivity index (χ1) is 32.3. The van der Waals surface area contributed by atoms with E-state index in [0.717, 1.165) is 69.6 Å². The Labute approximate surface area is 412 Å². The zero-order valence-electron chi connectivity index (χ0n) is 45.3. The van der Waals surface area contributed by atoms with E-state index in [0.29, 0.717) is 19.3 Å². The second kappa shape index (κ2) is 52.8. The molecule has 0 amide bonds. The van der Waals surface area contributed by atoms with E-state index >= 15 is 0 Å². The summed E-state index contributed by atoms with van der Waals surface area (Å²) in [6.07, 6.45) is 56.7. The van der Waals surface area contributed by atoms with Gasteiger partial charge in [-0.25, -0.2) is 0 Å². The fourth-order valence-electron chi connectivity index (χ4n) is 9.20. The average Bonchev–Trinajstić information content (AvgIpc) is 3.30. The minimum absolute atomic E-state index is 0.0629. The molecule has 0 fully saturated rings. The van der Waals surface area contributed by atoms with Gasteiger partial charge in [0.15, 0.2) is 6.10 Å². The summed E-state index contributed by atoms with van der Waals surface area (Å²) in [5, 5.41) is 0. The first-order valence-electron chi connectivity index (χ1n) is 29.8. The fraction of sp³-hybridized carbons (Fsp3) is 0.950. The Bertz CT molecular complexity index is 1010. The number of esters is 3. The lowest BCUT2D eigenvalue weighted by Crippen LogP contribution is -2.30. The highest BCUT2D eigenvalue weighted by molar-refractivity contribution is 5.71. The van der Waals surface area contributed by atoms with Crippen molar-refractivity contribution in [3.05, 3.63) is 0 Å². The summed E-state index contributed by atoms with van der Waals surface area (Å²) in [6.45, 7) is 11.4. The molecule has 2 atom stereocenters. The van der Waals surface area contributed by atoms with Crippen LogP contribution in [-0.4, -0.2) is 37.2 Å². The highest BCUT2D eigenvalue weighted by Gasteiger charge is 2.19. The lowest BCUT2D eigenvalue weighted by Gasteiger charge is -2.18. The van der Waals surface area contributed by atoms with E-state index in [-0.39, 0.29) is 31.1 Å². The van der Waals surface area contributed by atoms with Gasteiger partial charge < -0.3 is 14.2 Å². The lowest BCUT2D eigenvalue weighted by atomic mass is 9.99. The van der Waals surface area contributed by atoms with Crippen LogP contribution in [0.15, 0.2) is 0 Å². The Balaban J connectivity index is 4.21. The second-order valence-electron chi connectivity index (χ2n) is 21.4. The Kier molecular flexibility index (Phi) is 51.5. The number of hydrogen-bond donors (Lipinski definition) is 0. The molecule has 0 aliphatic heterocycles. The van der Waals surface area contributed by atoms with Gasteiger partial charge in [-0.15, -0.1) is 0 Å². The maximum Gasteiger partial charge on any atom is 0.306 e. The maximum absolute atomic E-state index is 12.8. The van der Waals surface area contributed by atoms with Gasteiger partial charge in [-0.2, -0.15) is 0 Å². The van der Waals surface area contributed by atoms with Crippen molar-refractivity contribution in [1.82, 2.24) is 0 Å². The molecule has 6 heteroatoms. The van der Waals surface area contributed by atoms with E-state index in [1.54, 1.807) is 0 Å². The van der Waals surface area contributed by atoms with Gasteiger partial charge in [0.25, 0.3) is 0 Å². The van der Waals surface area contributed by atoms with Gasteiger partial charge in [-0.1, -0.05) is 298 Å². The molecule has 0 aliphatic carbocycles. The maximum atomic E-state index is 12.8. The number of carbonyl (C=O) groups excluding carboxylic acids is 3. The smallest absolute Gasteiger partial charge is 0.306 e. The van der Waals surface area contributed by atoms with E-state index in [1.165, 1.54) is 225 Å². The van der Waals surface area contributed by atoms with Crippen molar-refractivity contribution >= 4 is 17.9 Å². The van der Waals surface area contributed by atoms with Crippen LogP contribution in [-0.2, 0) is 28.6 Å². The minimum atomic E-state index is -0.763. The summed E-state index contributed by atoms with van der Waals surface area (Å²) >= 11 is 0. The normalized spacial score (nSPS) is 12.5. The predicted octanol–water partition coefficient (Wildman–Crippen LogP) is 19.7. The molecule has 0 rings (SSSR count). The van der Waals surface area contributed by atoms with E-state index in [4.69, 9.17) is 14.2 Å². The largest absolute Gasteiger partial charge is 0.462 e. The fourth-order valence-corrected chi connectivity index (χ4v) is 9.20. The number of carbonyl (C=O) groups is 3. The molecule has 0 N–H and O–H groups in total. The first kappa shape index (κ1) is 64.4. The van der Waals surface area contributed by atoms with Crippen LogP contribution in [0.3, 0.4) is 0 Å². The Morgan fingerprint density at radius 2 is 0.576 bits per heavy atom. The number of ether oxygens (including phenoxy) is 3. The van der Waals surface area contributed by atoms with Gasteiger partial charge in [0.05, 0.1) is 0 Å². The van der Waals surface area contributed by atoms with Crippen molar-refractivity contribution in [3.63, 3.8) is 0 Å². The number of unbranched alkanes of at least 4 members (excludes halogenated alkanes) is 38. The SMILES string of the molecule is CCCCCCCCCCCCCCCCC(=O)OC[C@H](COC(=O)CCCCCCCCCCCCCCCCCCCCC(C)CC)OC(=O)CCCCCCCCCCCC(C)C. The standard InChI is InChI=1S/C60H116O6/c1-6-8-9-10-11-12-13-14-22-25-30-35-40-45-50-58(61)64-53-57(66-60(63)52-47-42-37-32-27-28-33-38-43-48-55(3)4)54-65-59(62)51-46-41-36-31-26-23-20-18-16-15-17-19-21-24-29-34-39-44-49-56(5)7-2/h55-57H,6-54H2,1-5H3/t56?,57-/m1/s1. The van der Waals surface area contributed by atoms with Gasteiger partial charge in [-0.3, -0.25) is 14.4 Å². The molecular formula is C60H116O6. The Morgan fingerprint density at radius 3 is 0.864 bits per heavy atom. The highest BCUT2D eigenvalue weighted by Crippen LogP contribution is 2.19. The molecule has 0 saturated carbocycles. The predicted molar refractivity (Wildman–Crippen MR) is 284 cm³/mol. The second-order valence-corrected chi connectivity index (χ2v) is 21.4. The van der Waals surface area contributed by atoms with Crippen LogP contribution in [0.1, 0.15) is 336 Å². The summed E-state index contributed by atoms with van der Waals surface area (Å²) in [5.41, 5.74) is 0. The van der Waals surface area contributed by atoms with Crippen molar-refractivity contribution in [2.24, 2.45) is 11.8 Å². The zero-order valence-corrected chi connectivity index (χ0v) is 45.3. The molecule has 0 aromatic carbocycles. The van der Waals surface area contributed by atoms with Gasteiger partial charge >= 0.3 is 17.9 Å². The molecule has 0 bridgehead atoms. The molecule has 0 aromatic heterocycles. The molecule has 0 spiro atoms. The molecule has 66 heavy (non-hydrogen) atoms. The third kappa shape index (κ3) is 51.8. The van der Waals surface area contributed by atoms with Crippen molar-refractivity contribution in [1.29, 1.82) is 0 Å². The van der Waals surface area contributed by atoms with E-state index in [9.17, 15) is 14.4 Å². The van der Waals surface area contributed by atoms with Gasteiger partial charge in [0.2, 0.25) is 0 Å². The van der Waals surface area contributed by atoms with Crippen molar-refractivity contribution < 1.29 is 28.6 Å². The lowest BCUT2D eigenvalue weighted by molar-refractivity contribution is -0.167. The minimum Gasteiger partial charge on any atom is -0.462 e. The highest BCUT2D eigenvalue weighted by atomic mass is 16.6. The van der Waals surface area contributed by atoms with Crippen LogP contribution in [0.25, 0.3) is 0 Å². The van der Waals surface area contributed by atoms with Gasteiger partial charge in [0.1, 0.15) is 13.2 Å². The molecular weight excluding hydrogens is 817 g/mol. The van der Waals surface area contributed by atoms with Crippen LogP contribution in [0, 0.1) is 11.8 Å². The van der Waals surface area contributed by atoms with E-state index in [1.807, 2.05) is 0 Å². The van der Waals surface area contributed by atoms with Gasteiger partial charge in [-0.05, 0) is 31.1 Å². The topological polar surface area (TPSA) is 78.9 Å². The summed E-state index contributed by atoms with van der Waals surface area (Å²) < 4.78 is 16.9. The first-order valence-corrected chi connectivity index (χ1v) is 29.8. The van der Waals surface area contributed by atoms with Crippen molar-refractivity contribution in [2.45, 2.75) is 343 Å². The molecule has 1 unspecified atom stereocenters. The quantitative estimate of drug-likeness (QED) is 0.0343. The molecule has 0 aromatic rings. The third-order valence-corrected chi connectivity index (χ3v) is 14.1. The molecule has 6 nitrogen and oxygen atoms in total. The number of hydrogen-bond acceptors (Lipinski definition) is 6. The molecule has 0 aliphatic rings. The van der Waals surface area contributed by atoms with Gasteiger partial charge in [0, 0.05) is 19.3 Å². The summed E-state index contributed by atoms with van der Waals surface area (Å²) in [4.78, 5) is 38.1. The molecule has 0 saturated heterocycles. The van der Waals surface area contributed by atoms with Crippen molar-refractivity contribution in [2.75, 3.05) is 13.2 Å². The summed E-state index contributed by atoms with van der Waals surface area (Å²) in [6, 6.07) is 0. The van der Waals surface area contributed by atoms with E-state index in [2.05, 4.69) is 34.6 Å². The van der Waals surface area contributed by atoms with Crippen LogP contribution in [0.4, 0.5) is 0 Å². The average molecular weight is 934 g/mol. The summed E-state index contributed by atoms with van der Waals surface area (Å²) in [5.74, 6) is 0.876. The van der Waals surface area contributed by atoms with Crippen LogP contribution < -0.4 is 0 Å². The van der Waals surface area contributed by atoms with Crippen LogP contribution in [0.2, 0.25) is 0 Å². The third-order valence-electron chi connectivity index (χ3n) is 14.1. The summed E-state index contributed by atoms with van der Waals surface area (Å²) in [7, 11) is 0. The van der Waals surface area contributed by atoms with Crippen LogP contribution in [0.5, 0.6) is 0 Å². The zero-order chi connectivity index (χ0) is 48.2. The van der Waals surface area contributed by atoms with Crippen LogP contribution >= 0.6 is 0 Å².